The number of benzene rings is 1. The number of aryl methyl sites for hydroxylation is 1. The van der Waals surface area contributed by atoms with Crippen molar-refractivity contribution in [3.05, 3.63) is 29.7 Å². The number of alkyl halides is 3. The van der Waals surface area contributed by atoms with E-state index >= 15 is 0 Å². The largest absolute Gasteiger partial charge is 0.507 e. The quantitative estimate of drug-likeness (QED) is 0.908. The maximum Gasteiger partial charge on any atom is 0.419 e. The van der Waals surface area contributed by atoms with E-state index in [0.29, 0.717) is 12.8 Å². The molecule has 0 radical (unpaired) electrons. The van der Waals surface area contributed by atoms with Crippen LogP contribution in [0.2, 0.25) is 0 Å². The predicted molar refractivity (Wildman–Crippen MR) is 66.4 cm³/mol. The molecule has 0 saturated heterocycles. The third kappa shape index (κ3) is 3.72. The van der Waals surface area contributed by atoms with Crippen molar-refractivity contribution in [3.8, 4) is 17.1 Å². The van der Waals surface area contributed by atoms with Crippen molar-refractivity contribution in [2.45, 2.75) is 32.0 Å². The fraction of sp³-hybridized carbons (Fsp3) is 0.385. The first kappa shape index (κ1) is 15.3. The summed E-state index contributed by atoms with van der Waals surface area (Å²) in [7, 11) is 0. The zero-order valence-electron chi connectivity index (χ0n) is 11.1. The second-order valence-electron chi connectivity index (χ2n) is 4.63. The number of rotatable bonds is 4. The van der Waals surface area contributed by atoms with Crippen molar-refractivity contribution in [1.82, 2.24) is 10.1 Å². The standard InChI is InChI=1S/C13H13F3N2O3/c1-7(19)2-5-11-17-12(18-21-11)8-3-4-10(20)9(6-8)13(14,15)16/h3-4,6-7,19-20H,2,5H2,1H3. The molecule has 1 aromatic heterocycles. The van der Waals surface area contributed by atoms with Crippen molar-refractivity contribution < 1.29 is 27.9 Å². The summed E-state index contributed by atoms with van der Waals surface area (Å²) in [6, 6.07) is 2.97. The van der Waals surface area contributed by atoms with E-state index < -0.39 is 23.6 Å². The summed E-state index contributed by atoms with van der Waals surface area (Å²) in [6.45, 7) is 1.60. The molecule has 1 aromatic carbocycles. The van der Waals surface area contributed by atoms with Crippen molar-refractivity contribution in [2.75, 3.05) is 0 Å². The third-order valence-corrected chi connectivity index (χ3v) is 2.80. The maximum absolute atomic E-state index is 12.7. The molecule has 5 nitrogen and oxygen atoms in total. The molecule has 0 fully saturated rings. The Morgan fingerprint density at radius 1 is 1.33 bits per heavy atom. The number of phenols is 1. The molecule has 0 saturated carbocycles. The topological polar surface area (TPSA) is 79.4 Å². The Balaban J connectivity index is 2.26. The van der Waals surface area contributed by atoms with E-state index in [1.165, 1.54) is 6.07 Å². The number of aliphatic hydroxyl groups excluding tert-OH is 1. The van der Waals surface area contributed by atoms with Crippen molar-refractivity contribution in [3.63, 3.8) is 0 Å². The fourth-order valence-electron chi connectivity index (χ4n) is 1.71. The molecule has 1 atom stereocenters. The second kappa shape index (κ2) is 5.72. The van der Waals surface area contributed by atoms with Crippen molar-refractivity contribution in [1.29, 1.82) is 0 Å². The summed E-state index contributed by atoms with van der Waals surface area (Å²) < 4.78 is 43.0. The fourth-order valence-corrected chi connectivity index (χ4v) is 1.71. The smallest absolute Gasteiger partial charge is 0.419 e. The van der Waals surface area contributed by atoms with Gasteiger partial charge < -0.3 is 14.7 Å². The number of nitrogens with zero attached hydrogens (tertiary/aromatic N) is 2. The molecule has 0 aliphatic carbocycles. The minimum absolute atomic E-state index is 0.00101. The maximum atomic E-state index is 12.7. The van der Waals surface area contributed by atoms with Gasteiger partial charge in [-0.2, -0.15) is 18.2 Å². The van der Waals surface area contributed by atoms with Crippen LogP contribution in [-0.2, 0) is 12.6 Å². The number of hydrogen-bond donors (Lipinski definition) is 2. The van der Waals surface area contributed by atoms with Crippen LogP contribution in [0.4, 0.5) is 13.2 Å². The highest BCUT2D eigenvalue weighted by molar-refractivity contribution is 5.58. The minimum atomic E-state index is -4.67. The van der Waals surface area contributed by atoms with Crippen LogP contribution in [0.5, 0.6) is 5.75 Å². The van der Waals surface area contributed by atoms with E-state index in [1.54, 1.807) is 6.92 Å². The summed E-state index contributed by atoms with van der Waals surface area (Å²) >= 11 is 0. The zero-order chi connectivity index (χ0) is 15.6. The van der Waals surface area contributed by atoms with Gasteiger partial charge in [-0.05, 0) is 31.5 Å². The average Bonchev–Trinajstić information content (AvgIpc) is 2.84. The van der Waals surface area contributed by atoms with E-state index in [2.05, 4.69) is 10.1 Å². The highest BCUT2D eigenvalue weighted by Gasteiger charge is 2.34. The van der Waals surface area contributed by atoms with Crippen LogP contribution >= 0.6 is 0 Å². The van der Waals surface area contributed by atoms with Crippen LogP contribution in [0.1, 0.15) is 24.8 Å². The van der Waals surface area contributed by atoms with E-state index in [1.807, 2.05) is 0 Å². The van der Waals surface area contributed by atoms with Gasteiger partial charge in [-0.25, -0.2) is 0 Å². The van der Waals surface area contributed by atoms with Crippen LogP contribution in [0.25, 0.3) is 11.4 Å². The Kier molecular flexibility index (Phi) is 4.17. The van der Waals surface area contributed by atoms with Crippen LogP contribution in [0.15, 0.2) is 22.7 Å². The van der Waals surface area contributed by atoms with Crippen LogP contribution in [-0.4, -0.2) is 26.5 Å². The lowest BCUT2D eigenvalue weighted by atomic mass is 10.1. The zero-order valence-corrected chi connectivity index (χ0v) is 11.1. The van der Waals surface area contributed by atoms with Gasteiger partial charge in [0, 0.05) is 12.0 Å². The molecule has 2 N–H and O–H groups in total. The van der Waals surface area contributed by atoms with Crippen molar-refractivity contribution >= 4 is 0 Å². The lowest BCUT2D eigenvalue weighted by molar-refractivity contribution is -0.138. The lowest BCUT2D eigenvalue weighted by Gasteiger charge is -2.09. The molecule has 0 bridgehead atoms. The SMILES string of the molecule is CC(O)CCc1nc(-c2ccc(O)c(C(F)(F)F)c2)no1. The second-order valence-corrected chi connectivity index (χ2v) is 4.63. The highest BCUT2D eigenvalue weighted by Crippen LogP contribution is 2.37. The van der Waals surface area contributed by atoms with Gasteiger partial charge in [0.1, 0.15) is 5.75 Å². The van der Waals surface area contributed by atoms with Gasteiger partial charge in [-0.3, -0.25) is 0 Å². The van der Waals surface area contributed by atoms with Gasteiger partial charge in [0.05, 0.1) is 11.7 Å². The molecule has 1 heterocycles. The van der Waals surface area contributed by atoms with Gasteiger partial charge in [0.15, 0.2) is 0 Å². The molecule has 2 aromatic rings. The molecule has 0 aliphatic heterocycles. The number of aromatic nitrogens is 2. The molecular weight excluding hydrogens is 289 g/mol. The summed E-state index contributed by atoms with van der Waals surface area (Å²) in [4.78, 5) is 3.97. The van der Waals surface area contributed by atoms with E-state index in [0.717, 1.165) is 12.1 Å². The Morgan fingerprint density at radius 2 is 2.05 bits per heavy atom. The monoisotopic (exact) mass is 302 g/mol. The first-order chi connectivity index (χ1) is 9.77. The Hall–Kier alpha value is -2.09. The van der Waals surface area contributed by atoms with Gasteiger partial charge in [-0.15, -0.1) is 0 Å². The summed E-state index contributed by atoms with van der Waals surface area (Å²) in [6.07, 6.45) is -4.47. The number of aliphatic hydroxyl groups is 1. The highest BCUT2D eigenvalue weighted by atomic mass is 19.4. The Labute approximate surface area is 118 Å². The number of phenolic OH excluding ortho intramolecular Hbond substituents is 1. The van der Waals surface area contributed by atoms with Gasteiger partial charge >= 0.3 is 6.18 Å². The first-order valence-corrected chi connectivity index (χ1v) is 6.18. The molecule has 2 rings (SSSR count). The van der Waals surface area contributed by atoms with E-state index in [-0.39, 0.29) is 17.3 Å². The van der Waals surface area contributed by atoms with Crippen molar-refractivity contribution in [2.24, 2.45) is 0 Å². The molecule has 0 spiro atoms. The summed E-state index contributed by atoms with van der Waals surface area (Å²) in [5.41, 5.74) is -1.07. The predicted octanol–water partition coefficient (Wildman–Crippen LogP) is 2.77. The number of hydrogen-bond acceptors (Lipinski definition) is 5. The molecule has 114 valence electrons. The van der Waals surface area contributed by atoms with E-state index in [9.17, 15) is 18.3 Å². The molecule has 21 heavy (non-hydrogen) atoms. The molecule has 0 amide bonds. The van der Waals surface area contributed by atoms with Gasteiger partial charge in [-0.1, -0.05) is 5.16 Å². The van der Waals surface area contributed by atoms with Crippen LogP contribution in [0, 0.1) is 0 Å². The Morgan fingerprint density at radius 3 is 2.67 bits per heavy atom. The minimum Gasteiger partial charge on any atom is -0.507 e. The van der Waals surface area contributed by atoms with Gasteiger partial charge in [0.2, 0.25) is 11.7 Å². The third-order valence-electron chi connectivity index (χ3n) is 2.80. The van der Waals surface area contributed by atoms with Crippen LogP contribution in [0.3, 0.4) is 0 Å². The lowest BCUT2D eigenvalue weighted by Crippen LogP contribution is -2.05. The van der Waals surface area contributed by atoms with Gasteiger partial charge in [0.25, 0.3) is 0 Å². The molecule has 8 heteroatoms. The molecular formula is C13H13F3N2O3. The number of halogens is 3. The molecule has 0 aliphatic rings. The summed E-state index contributed by atoms with van der Waals surface area (Å²) in [5, 5.41) is 22.0. The average molecular weight is 302 g/mol. The molecule has 1 unspecified atom stereocenters. The van der Waals surface area contributed by atoms with Crippen LogP contribution < -0.4 is 0 Å². The van der Waals surface area contributed by atoms with E-state index in [4.69, 9.17) is 9.63 Å². The summed E-state index contributed by atoms with van der Waals surface area (Å²) in [5.74, 6) is -0.627. The number of aromatic hydroxyl groups is 1. The normalized spacial score (nSPS) is 13.4. The Bertz CT molecular complexity index is 623. The first-order valence-electron chi connectivity index (χ1n) is 6.18.